The van der Waals surface area contributed by atoms with Crippen molar-refractivity contribution in [3.05, 3.63) is 83.2 Å². The standard InChI is InChI=1S/C33H35Cl4N3O3S/c34-24-6-1-4-20(31(24)37)18-40(22-9-10-22)33(42)30-23(16-21-5-2-7-27(30)39-21)28-17-38-29(44-28)8-3-13-43-32-25(35)14-19(11-12-41)15-26(32)36/h1,4,6,14-15,17,21-22,27,39,41H,2-3,5,7-13,16,18H2. The molecule has 1 aliphatic carbocycles. The Balaban J connectivity index is 1.18. The number of fused-ring (bicyclic) bond motifs is 2. The van der Waals surface area contributed by atoms with Crippen LogP contribution in [0.1, 0.15) is 66.0 Å². The van der Waals surface area contributed by atoms with Crippen molar-refractivity contribution in [1.29, 1.82) is 0 Å². The van der Waals surface area contributed by atoms with Gasteiger partial charge in [0.25, 0.3) is 5.91 Å². The number of hydrogen-bond acceptors (Lipinski definition) is 6. The molecule has 0 radical (unpaired) electrons. The number of nitrogens with one attached hydrogen (secondary N) is 1. The van der Waals surface area contributed by atoms with Gasteiger partial charge >= 0.3 is 0 Å². The minimum atomic E-state index is 0.0315. The SMILES string of the molecule is O=C(C1=C(c2cnc(CCCOc3c(Cl)cc(CCO)cc3Cl)s2)CC2CCCC1N2)N(Cc1cccc(Cl)c1Cl)C1CC1. The number of carbonyl (C=O) groups excluding carboxylic acids is 1. The number of aliphatic hydroxyl groups excluding tert-OH is 1. The summed E-state index contributed by atoms with van der Waals surface area (Å²) in [7, 11) is 0. The molecule has 1 saturated carbocycles. The van der Waals surface area contributed by atoms with Crippen LogP contribution in [0.3, 0.4) is 0 Å². The van der Waals surface area contributed by atoms with Crippen LogP contribution in [0.2, 0.25) is 20.1 Å². The third kappa shape index (κ3) is 7.25. The van der Waals surface area contributed by atoms with Gasteiger partial charge in [-0.3, -0.25) is 4.79 Å². The third-order valence-electron chi connectivity index (χ3n) is 8.55. The first-order valence-corrected chi connectivity index (χ1v) is 17.5. The Kier molecular flexibility index (Phi) is 10.4. The van der Waals surface area contributed by atoms with E-state index in [9.17, 15) is 9.90 Å². The zero-order valence-electron chi connectivity index (χ0n) is 24.3. The summed E-state index contributed by atoms with van der Waals surface area (Å²) in [5.41, 5.74) is 3.76. The summed E-state index contributed by atoms with van der Waals surface area (Å²) in [5, 5.41) is 15.8. The van der Waals surface area contributed by atoms with Gasteiger partial charge in [0.05, 0.1) is 36.6 Å². The number of thiazole rings is 1. The lowest BCUT2D eigenvalue weighted by atomic mass is 9.81. The van der Waals surface area contributed by atoms with Crippen LogP contribution < -0.4 is 10.1 Å². The monoisotopic (exact) mass is 693 g/mol. The normalized spacial score (nSPS) is 19.8. The van der Waals surface area contributed by atoms with E-state index in [1.165, 1.54) is 0 Å². The van der Waals surface area contributed by atoms with Gasteiger partial charge in [0, 0.05) is 49.5 Å². The first kappa shape index (κ1) is 32.1. The molecule has 2 fully saturated rings. The largest absolute Gasteiger partial charge is 0.490 e. The second kappa shape index (κ2) is 14.3. The molecule has 11 heteroatoms. The van der Waals surface area contributed by atoms with Gasteiger partial charge in [0.15, 0.2) is 5.75 Å². The first-order valence-electron chi connectivity index (χ1n) is 15.2. The number of aliphatic hydroxyl groups is 1. The first-order chi connectivity index (χ1) is 21.3. The smallest absolute Gasteiger partial charge is 0.252 e. The average Bonchev–Trinajstić information content (AvgIpc) is 3.73. The van der Waals surface area contributed by atoms with E-state index in [-0.39, 0.29) is 24.6 Å². The second-order valence-corrected chi connectivity index (χ2v) is 14.5. The molecule has 1 saturated heterocycles. The highest BCUT2D eigenvalue weighted by molar-refractivity contribution is 7.12. The van der Waals surface area contributed by atoms with Crippen molar-refractivity contribution >= 4 is 69.2 Å². The van der Waals surface area contributed by atoms with Crippen molar-refractivity contribution in [1.82, 2.24) is 15.2 Å². The van der Waals surface area contributed by atoms with Crippen molar-refractivity contribution in [2.24, 2.45) is 0 Å². The summed E-state index contributed by atoms with van der Waals surface area (Å²) in [5.74, 6) is 0.558. The molecule has 234 valence electrons. The molecule has 6 rings (SSSR count). The number of piperidine rings is 1. The quantitative estimate of drug-likeness (QED) is 0.187. The van der Waals surface area contributed by atoms with Gasteiger partial charge in [-0.1, -0.05) is 58.5 Å². The Labute approximate surface area is 282 Å². The third-order valence-corrected chi connectivity index (χ3v) is 11.1. The number of aromatic nitrogens is 1. The van der Waals surface area contributed by atoms with Gasteiger partial charge in [-0.25, -0.2) is 4.98 Å². The molecule has 2 N–H and O–H groups in total. The van der Waals surface area contributed by atoms with Gasteiger partial charge in [-0.05, 0) is 86.3 Å². The summed E-state index contributed by atoms with van der Waals surface area (Å²) in [4.78, 5) is 22.2. The molecule has 2 aromatic carbocycles. The summed E-state index contributed by atoms with van der Waals surface area (Å²) in [6.07, 6.45) is 9.91. The van der Waals surface area contributed by atoms with E-state index >= 15 is 0 Å². The molecular weight excluding hydrogens is 660 g/mol. The number of aryl methyl sites for hydroxylation is 1. The van der Waals surface area contributed by atoms with Crippen LogP contribution in [-0.4, -0.2) is 52.2 Å². The fourth-order valence-corrected chi connectivity index (χ4v) is 8.28. The number of rotatable bonds is 12. The molecule has 44 heavy (non-hydrogen) atoms. The molecule has 1 amide bonds. The fraction of sp³-hybridized carbons (Fsp3) is 0.455. The van der Waals surface area contributed by atoms with Crippen LogP contribution in [0, 0.1) is 0 Å². The Morgan fingerprint density at radius 2 is 1.86 bits per heavy atom. The van der Waals surface area contributed by atoms with E-state index in [1.807, 2.05) is 23.2 Å². The lowest BCUT2D eigenvalue weighted by Gasteiger charge is -2.40. The predicted molar refractivity (Wildman–Crippen MR) is 179 cm³/mol. The molecule has 0 spiro atoms. The molecular formula is C33H35Cl4N3O3S. The van der Waals surface area contributed by atoms with Gasteiger partial charge in [-0.2, -0.15) is 0 Å². The van der Waals surface area contributed by atoms with E-state index in [4.69, 9.17) is 56.1 Å². The maximum Gasteiger partial charge on any atom is 0.252 e. The van der Waals surface area contributed by atoms with Crippen molar-refractivity contribution in [3.63, 3.8) is 0 Å². The van der Waals surface area contributed by atoms with E-state index in [2.05, 4.69) is 5.32 Å². The Morgan fingerprint density at radius 3 is 2.61 bits per heavy atom. The van der Waals surface area contributed by atoms with Gasteiger partial charge in [-0.15, -0.1) is 11.3 Å². The molecule has 1 aromatic heterocycles. The minimum Gasteiger partial charge on any atom is -0.490 e. The van der Waals surface area contributed by atoms with Crippen LogP contribution in [0.4, 0.5) is 0 Å². The van der Waals surface area contributed by atoms with Crippen molar-refractivity contribution in [3.8, 4) is 5.75 Å². The summed E-state index contributed by atoms with van der Waals surface area (Å²) >= 11 is 27.3. The molecule has 6 nitrogen and oxygen atoms in total. The second-order valence-electron chi connectivity index (χ2n) is 11.8. The molecule has 2 unspecified atom stereocenters. The molecule has 3 aromatic rings. The molecule has 2 atom stereocenters. The maximum atomic E-state index is 14.4. The molecule has 2 aliphatic heterocycles. The summed E-state index contributed by atoms with van der Waals surface area (Å²) in [6.45, 7) is 0.919. The van der Waals surface area contributed by atoms with Crippen LogP contribution in [-0.2, 0) is 24.2 Å². The maximum absolute atomic E-state index is 14.4. The zero-order valence-corrected chi connectivity index (χ0v) is 28.1. The minimum absolute atomic E-state index is 0.0315. The molecule has 2 bridgehead atoms. The number of benzene rings is 2. The van der Waals surface area contributed by atoms with Gasteiger partial charge in [0.2, 0.25) is 0 Å². The predicted octanol–water partition coefficient (Wildman–Crippen LogP) is 8.16. The van der Waals surface area contributed by atoms with E-state index in [0.717, 1.165) is 83.5 Å². The van der Waals surface area contributed by atoms with Crippen molar-refractivity contribution in [2.45, 2.75) is 82.5 Å². The zero-order chi connectivity index (χ0) is 30.8. The molecule has 3 heterocycles. The lowest BCUT2D eigenvalue weighted by Crippen LogP contribution is -2.51. The number of nitrogens with zero attached hydrogens (tertiary/aromatic N) is 2. The Hall–Kier alpha value is -1.84. The van der Waals surface area contributed by atoms with Crippen molar-refractivity contribution in [2.75, 3.05) is 13.2 Å². The highest BCUT2D eigenvalue weighted by Gasteiger charge is 2.41. The van der Waals surface area contributed by atoms with Gasteiger partial charge < -0.3 is 20.1 Å². The highest BCUT2D eigenvalue weighted by atomic mass is 35.5. The van der Waals surface area contributed by atoms with E-state index in [1.54, 1.807) is 29.5 Å². The Morgan fingerprint density at radius 1 is 1.07 bits per heavy atom. The van der Waals surface area contributed by atoms with Crippen LogP contribution in [0.5, 0.6) is 5.75 Å². The van der Waals surface area contributed by atoms with Crippen LogP contribution in [0.15, 0.2) is 42.1 Å². The van der Waals surface area contributed by atoms with Gasteiger partial charge in [0.1, 0.15) is 0 Å². The van der Waals surface area contributed by atoms with E-state index < -0.39 is 0 Å². The van der Waals surface area contributed by atoms with Crippen molar-refractivity contribution < 1.29 is 14.6 Å². The fourth-order valence-electron chi connectivity index (χ4n) is 6.23. The highest BCUT2D eigenvalue weighted by Crippen LogP contribution is 2.41. The topological polar surface area (TPSA) is 74.7 Å². The number of hydrogen-bond donors (Lipinski definition) is 2. The molecule has 3 aliphatic rings. The van der Waals surface area contributed by atoms with Crippen LogP contribution in [0.25, 0.3) is 5.57 Å². The number of ether oxygens (including phenoxy) is 1. The number of carbonyl (C=O) groups is 1. The number of amides is 1. The lowest BCUT2D eigenvalue weighted by molar-refractivity contribution is -0.128. The van der Waals surface area contributed by atoms with Crippen LogP contribution >= 0.6 is 57.7 Å². The average molecular weight is 696 g/mol. The number of halogens is 4. The Bertz CT molecular complexity index is 1530. The van der Waals surface area contributed by atoms with E-state index in [0.29, 0.717) is 51.5 Å². The summed E-state index contributed by atoms with van der Waals surface area (Å²) < 4.78 is 5.93. The summed E-state index contributed by atoms with van der Waals surface area (Å²) in [6, 6.07) is 9.81.